The molecule has 2 heterocycles. The molecule has 0 saturated heterocycles. The highest BCUT2D eigenvalue weighted by atomic mass is 16.2. The van der Waals surface area contributed by atoms with E-state index < -0.39 is 0 Å². The summed E-state index contributed by atoms with van der Waals surface area (Å²) >= 11 is 0. The van der Waals surface area contributed by atoms with Crippen LogP contribution >= 0.6 is 0 Å². The molecule has 5 rings (SSSR count). The van der Waals surface area contributed by atoms with E-state index in [4.69, 9.17) is 16.6 Å². The van der Waals surface area contributed by atoms with Crippen molar-refractivity contribution in [3.63, 3.8) is 0 Å². The molecule has 156 valence electrons. The summed E-state index contributed by atoms with van der Waals surface area (Å²) in [5, 5.41) is 0. The highest BCUT2D eigenvalue weighted by Crippen LogP contribution is 2.40. The normalized spacial score (nSPS) is 16.4. The molecule has 6 nitrogen and oxygen atoms in total. The number of carbonyl (C=O) groups excluding carboxylic acids is 1. The molecule has 3 aromatic rings. The molecule has 6 heteroatoms. The van der Waals surface area contributed by atoms with Crippen LogP contribution in [0.25, 0.3) is 28.5 Å². The maximum Gasteiger partial charge on any atom is 0.335 e. The Labute approximate surface area is 181 Å². The first-order valence-corrected chi connectivity index (χ1v) is 10.5. The number of amides is 2. The number of hydrogen-bond donors (Lipinski definition) is 3. The van der Waals surface area contributed by atoms with Crippen LogP contribution in [0.15, 0.2) is 66.9 Å². The van der Waals surface area contributed by atoms with Gasteiger partial charge in [0, 0.05) is 22.9 Å². The number of fused-ring (bicyclic) bond motifs is 1. The van der Waals surface area contributed by atoms with E-state index in [0.717, 1.165) is 46.5 Å². The predicted octanol–water partition coefficient (Wildman–Crippen LogP) is 4.12. The highest BCUT2D eigenvalue weighted by Gasteiger charge is 2.34. The van der Waals surface area contributed by atoms with Crippen LogP contribution in [0, 0.1) is 0 Å². The lowest BCUT2D eigenvalue weighted by atomic mass is 9.72. The number of hydrogen-bond acceptors (Lipinski definition) is 4. The largest absolute Gasteiger partial charge is 0.335 e. The molecule has 1 aliphatic carbocycles. The molecule has 0 unspecified atom stereocenters. The fourth-order valence-electron chi connectivity index (χ4n) is 4.32. The minimum Gasteiger partial charge on any atom is -0.321 e. The third kappa shape index (κ3) is 3.50. The van der Waals surface area contributed by atoms with E-state index in [-0.39, 0.29) is 11.6 Å². The average molecular weight is 412 g/mol. The fraction of sp³-hybridized carbons (Fsp3) is 0.200. The minimum absolute atomic E-state index is 0.181. The van der Waals surface area contributed by atoms with Crippen molar-refractivity contribution in [2.75, 3.05) is 0 Å². The SMILES string of the molecule is NNC(=O)N1C=Cc2nc(-c3ccc(C4(N)CCC4)cc3)c(-c3ccccc3)cc2C1. The van der Waals surface area contributed by atoms with Crippen molar-refractivity contribution in [3.05, 3.63) is 83.7 Å². The van der Waals surface area contributed by atoms with Gasteiger partial charge in [0.15, 0.2) is 0 Å². The first-order valence-electron chi connectivity index (χ1n) is 10.5. The van der Waals surface area contributed by atoms with E-state index in [1.807, 2.05) is 24.3 Å². The summed E-state index contributed by atoms with van der Waals surface area (Å²) < 4.78 is 0. The van der Waals surface area contributed by atoms with Gasteiger partial charge in [-0.2, -0.15) is 0 Å². The second-order valence-corrected chi connectivity index (χ2v) is 8.28. The Bertz CT molecular complexity index is 1150. The second kappa shape index (κ2) is 7.65. The molecule has 0 radical (unpaired) electrons. The summed E-state index contributed by atoms with van der Waals surface area (Å²) in [7, 11) is 0. The molecule has 0 atom stereocenters. The van der Waals surface area contributed by atoms with E-state index in [1.54, 1.807) is 6.20 Å². The molecule has 2 aromatic carbocycles. The number of pyridine rings is 1. The smallest absolute Gasteiger partial charge is 0.321 e. The van der Waals surface area contributed by atoms with Crippen molar-refractivity contribution in [1.29, 1.82) is 0 Å². The van der Waals surface area contributed by atoms with Crippen LogP contribution in [0.1, 0.15) is 36.1 Å². The van der Waals surface area contributed by atoms with Gasteiger partial charge in [-0.1, -0.05) is 54.6 Å². The fourth-order valence-corrected chi connectivity index (χ4v) is 4.32. The van der Waals surface area contributed by atoms with Crippen LogP contribution in [0.2, 0.25) is 0 Å². The lowest BCUT2D eigenvalue weighted by Crippen LogP contribution is -2.43. The Kier molecular flexibility index (Phi) is 4.81. The highest BCUT2D eigenvalue weighted by molar-refractivity contribution is 5.83. The van der Waals surface area contributed by atoms with Crippen LogP contribution in [-0.2, 0) is 12.1 Å². The number of benzene rings is 2. The zero-order valence-corrected chi connectivity index (χ0v) is 17.2. The Morgan fingerprint density at radius 2 is 1.77 bits per heavy atom. The first kappa shape index (κ1) is 19.5. The molecule has 1 fully saturated rings. The van der Waals surface area contributed by atoms with Gasteiger partial charge in [0.25, 0.3) is 0 Å². The van der Waals surface area contributed by atoms with Gasteiger partial charge in [-0.25, -0.2) is 15.6 Å². The Balaban J connectivity index is 1.59. The minimum atomic E-state index is -0.352. The number of urea groups is 1. The number of nitrogens with two attached hydrogens (primary N) is 2. The summed E-state index contributed by atoms with van der Waals surface area (Å²) in [5.41, 5.74) is 15.6. The molecule has 2 amide bonds. The lowest BCUT2D eigenvalue weighted by molar-refractivity contribution is 0.213. The van der Waals surface area contributed by atoms with E-state index in [0.29, 0.717) is 6.54 Å². The van der Waals surface area contributed by atoms with Gasteiger partial charge in [0.1, 0.15) is 0 Å². The third-order valence-corrected chi connectivity index (χ3v) is 6.34. The van der Waals surface area contributed by atoms with Gasteiger partial charge in [-0.15, -0.1) is 0 Å². The van der Waals surface area contributed by atoms with E-state index in [1.165, 1.54) is 16.9 Å². The molecule has 31 heavy (non-hydrogen) atoms. The van der Waals surface area contributed by atoms with Crippen molar-refractivity contribution >= 4 is 12.1 Å². The van der Waals surface area contributed by atoms with Crippen LogP contribution < -0.4 is 17.0 Å². The summed E-state index contributed by atoms with van der Waals surface area (Å²) in [4.78, 5) is 18.5. The first-order chi connectivity index (χ1) is 15.1. The number of aromatic nitrogens is 1. The molecular formula is C25H25N5O. The average Bonchev–Trinajstić information content (AvgIpc) is 2.81. The summed E-state index contributed by atoms with van der Waals surface area (Å²) in [6.45, 7) is 0.413. The summed E-state index contributed by atoms with van der Waals surface area (Å²) in [6.07, 6.45) is 6.83. The molecule has 0 bridgehead atoms. The lowest BCUT2D eigenvalue weighted by Gasteiger charge is -2.38. The van der Waals surface area contributed by atoms with Gasteiger partial charge in [0.05, 0.1) is 17.9 Å². The zero-order valence-electron chi connectivity index (χ0n) is 17.2. The van der Waals surface area contributed by atoms with Crippen LogP contribution in [-0.4, -0.2) is 15.9 Å². The van der Waals surface area contributed by atoms with E-state index in [2.05, 4.69) is 47.9 Å². The van der Waals surface area contributed by atoms with Crippen molar-refractivity contribution in [2.45, 2.75) is 31.3 Å². The topological polar surface area (TPSA) is 97.3 Å². The van der Waals surface area contributed by atoms with E-state index >= 15 is 0 Å². The number of hydrazine groups is 1. The standard InChI is InChI=1S/C25H25N5O/c26-25(12-4-13-25)20-9-7-18(8-10-20)23-21(17-5-2-1-3-6-17)15-19-16-30(24(31)29-27)14-11-22(19)28-23/h1-3,5-11,14-15H,4,12-13,16,26-27H2,(H,29,31). The Morgan fingerprint density at radius 1 is 1.03 bits per heavy atom. The van der Waals surface area contributed by atoms with Gasteiger partial charge in [-0.05, 0) is 48.1 Å². The zero-order chi connectivity index (χ0) is 21.4. The maximum absolute atomic E-state index is 12.0. The van der Waals surface area contributed by atoms with E-state index in [9.17, 15) is 4.79 Å². The van der Waals surface area contributed by atoms with Crippen molar-refractivity contribution in [3.8, 4) is 22.4 Å². The van der Waals surface area contributed by atoms with Crippen molar-refractivity contribution < 1.29 is 4.79 Å². The van der Waals surface area contributed by atoms with Crippen LogP contribution in [0.3, 0.4) is 0 Å². The van der Waals surface area contributed by atoms with Crippen molar-refractivity contribution in [2.24, 2.45) is 11.6 Å². The molecule has 1 aromatic heterocycles. The Hall–Kier alpha value is -3.48. The second-order valence-electron chi connectivity index (χ2n) is 8.28. The van der Waals surface area contributed by atoms with Gasteiger partial charge in [0.2, 0.25) is 0 Å². The molecule has 0 spiro atoms. The predicted molar refractivity (Wildman–Crippen MR) is 122 cm³/mol. The molecular weight excluding hydrogens is 386 g/mol. The maximum atomic E-state index is 12.0. The van der Waals surface area contributed by atoms with Gasteiger partial charge < -0.3 is 5.73 Å². The third-order valence-electron chi connectivity index (χ3n) is 6.34. The number of nitrogens with one attached hydrogen (secondary N) is 1. The van der Waals surface area contributed by atoms with Gasteiger partial charge in [-0.3, -0.25) is 10.3 Å². The number of rotatable bonds is 3. The molecule has 1 saturated carbocycles. The quantitative estimate of drug-likeness (QED) is 0.343. The molecule has 5 N–H and O–H groups in total. The molecule has 1 aliphatic heterocycles. The summed E-state index contributed by atoms with van der Waals surface area (Å²) in [6, 6.07) is 20.5. The van der Waals surface area contributed by atoms with Crippen LogP contribution in [0.4, 0.5) is 4.79 Å². The van der Waals surface area contributed by atoms with Crippen LogP contribution in [0.5, 0.6) is 0 Å². The van der Waals surface area contributed by atoms with Gasteiger partial charge >= 0.3 is 6.03 Å². The van der Waals surface area contributed by atoms with Crippen molar-refractivity contribution in [1.82, 2.24) is 15.3 Å². The molecule has 2 aliphatic rings. The Morgan fingerprint density at radius 3 is 2.42 bits per heavy atom. The monoisotopic (exact) mass is 411 g/mol. The summed E-state index contributed by atoms with van der Waals surface area (Å²) in [5.74, 6) is 5.30. The number of carbonyl (C=O) groups is 1. The number of nitrogens with zero attached hydrogens (tertiary/aromatic N) is 2.